The Bertz CT molecular complexity index is 99.5. The minimum absolute atomic E-state index is 0.510. The first-order valence-corrected chi connectivity index (χ1v) is 3.01. The predicted molar refractivity (Wildman–Crippen MR) is 36.4 cm³/mol. The van der Waals surface area contributed by atoms with Gasteiger partial charge in [0.1, 0.15) is 0 Å². The van der Waals surface area contributed by atoms with E-state index < -0.39 is 5.66 Å². The number of hydrogen-bond donors (Lipinski definition) is 2. The van der Waals surface area contributed by atoms with Gasteiger partial charge in [-0.05, 0) is 0 Å². The third kappa shape index (κ3) is 1.40. The van der Waals surface area contributed by atoms with Crippen LogP contribution in [0.2, 0.25) is 0 Å². The molecule has 1 heterocycles. The van der Waals surface area contributed by atoms with Crippen molar-refractivity contribution in [3.63, 3.8) is 0 Å². The molecular formula is C5H14N4. The molecule has 0 saturated carbocycles. The summed E-state index contributed by atoms with van der Waals surface area (Å²) in [5.74, 6) is 0. The van der Waals surface area contributed by atoms with Gasteiger partial charge in [0.25, 0.3) is 0 Å². The van der Waals surface area contributed by atoms with Gasteiger partial charge in [-0.2, -0.15) is 0 Å². The van der Waals surface area contributed by atoms with Gasteiger partial charge in [-0.15, -0.1) is 0 Å². The number of likely N-dealkylation sites (N-methyl/N-ethyl adjacent to an activating group) is 2. The third-order valence-corrected chi connectivity index (χ3v) is 1.63. The Morgan fingerprint density at radius 2 is 1.44 bits per heavy atom. The highest BCUT2D eigenvalue weighted by Gasteiger charge is 2.32. The first-order valence-electron chi connectivity index (χ1n) is 3.01. The monoisotopic (exact) mass is 130 g/mol. The fourth-order valence-electron chi connectivity index (χ4n) is 1.14. The van der Waals surface area contributed by atoms with E-state index in [2.05, 4.69) is 0 Å². The largest absolute Gasteiger partial charge is 0.311 e. The summed E-state index contributed by atoms with van der Waals surface area (Å²) in [4.78, 5) is 0. The van der Waals surface area contributed by atoms with Crippen LogP contribution in [-0.4, -0.2) is 42.9 Å². The molecule has 0 atom stereocenters. The Hall–Kier alpha value is -0.160. The van der Waals surface area contributed by atoms with Gasteiger partial charge in [-0.3, -0.25) is 0 Å². The van der Waals surface area contributed by atoms with Crippen LogP contribution in [0.5, 0.6) is 0 Å². The van der Waals surface area contributed by atoms with Gasteiger partial charge in [-0.1, -0.05) is 0 Å². The molecule has 1 fully saturated rings. The predicted octanol–water partition coefficient (Wildman–Crippen LogP) is -1.61. The van der Waals surface area contributed by atoms with Crippen LogP contribution in [0.1, 0.15) is 0 Å². The Morgan fingerprint density at radius 3 is 1.56 bits per heavy atom. The van der Waals surface area contributed by atoms with Crippen LogP contribution in [0.4, 0.5) is 0 Å². The molecule has 4 N–H and O–H groups in total. The molecule has 0 aliphatic carbocycles. The van der Waals surface area contributed by atoms with Gasteiger partial charge in [0.15, 0.2) is 0 Å². The van der Waals surface area contributed by atoms with Gasteiger partial charge in [-0.25, -0.2) is 10.0 Å². The smallest absolute Gasteiger partial charge is 0.0926 e. The fraction of sp³-hybridized carbons (Fsp3) is 1.00. The summed E-state index contributed by atoms with van der Waals surface area (Å²) in [6.45, 7) is 1.48. The average Bonchev–Trinajstić information content (AvgIpc) is 1.79. The van der Waals surface area contributed by atoms with Crippen LogP contribution in [0.15, 0.2) is 0 Å². The summed E-state index contributed by atoms with van der Waals surface area (Å²) < 4.78 is 0. The standard InChI is InChI=1S/C5H14N4/c1-8-3-5(6,7)4-9(8)2/h3-4,6-7H2,1-2H3. The molecule has 0 bridgehead atoms. The molecule has 1 rings (SSSR count). The van der Waals surface area contributed by atoms with Crippen LogP contribution < -0.4 is 11.5 Å². The van der Waals surface area contributed by atoms with Crippen molar-refractivity contribution in [3.8, 4) is 0 Å². The molecule has 1 saturated heterocycles. The van der Waals surface area contributed by atoms with Crippen LogP contribution in [0.3, 0.4) is 0 Å². The number of rotatable bonds is 0. The van der Waals surface area contributed by atoms with Crippen LogP contribution >= 0.6 is 0 Å². The summed E-state index contributed by atoms with van der Waals surface area (Å²) in [5.41, 5.74) is 10.8. The van der Waals surface area contributed by atoms with Gasteiger partial charge in [0, 0.05) is 27.2 Å². The summed E-state index contributed by atoms with van der Waals surface area (Å²) >= 11 is 0. The maximum atomic E-state index is 5.65. The molecule has 0 radical (unpaired) electrons. The molecule has 0 aromatic heterocycles. The second-order valence-electron chi connectivity index (χ2n) is 2.86. The number of hydrazine groups is 1. The van der Waals surface area contributed by atoms with Gasteiger partial charge in [0.2, 0.25) is 0 Å². The van der Waals surface area contributed by atoms with E-state index in [1.807, 2.05) is 24.1 Å². The fourth-order valence-corrected chi connectivity index (χ4v) is 1.14. The molecule has 0 unspecified atom stereocenters. The third-order valence-electron chi connectivity index (χ3n) is 1.63. The molecule has 0 spiro atoms. The molecule has 4 heteroatoms. The Kier molecular flexibility index (Phi) is 1.48. The van der Waals surface area contributed by atoms with Gasteiger partial charge in [0.05, 0.1) is 5.66 Å². The highest BCUT2D eigenvalue weighted by Crippen LogP contribution is 2.08. The molecular weight excluding hydrogens is 116 g/mol. The van der Waals surface area contributed by atoms with Crippen molar-refractivity contribution in [2.75, 3.05) is 27.2 Å². The number of nitrogens with zero attached hydrogens (tertiary/aromatic N) is 2. The van der Waals surface area contributed by atoms with Gasteiger partial charge < -0.3 is 11.5 Å². The van der Waals surface area contributed by atoms with Crippen molar-refractivity contribution in [2.45, 2.75) is 5.66 Å². The molecule has 1 aliphatic heterocycles. The minimum atomic E-state index is -0.510. The quantitative estimate of drug-likeness (QED) is 0.387. The normalized spacial score (nSPS) is 29.3. The second-order valence-corrected chi connectivity index (χ2v) is 2.86. The summed E-state index contributed by atoms with van der Waals surface area (Å²) in [7, 11) is 3.95. The maximum absolute atomic E-state index is 5.65. The number of hydrogen-bond acceptors (Lipinski definition) is 4. The summed E-state index contributed by atoms with van der Waals surface area (Å²) in [6, 6.07) is 0. The first kappa shape index (κ1) is 6.95. The molecule has 0 aromatic rings. The molecule has 0 aromatic carbocycles. The van der Waals surface area contributed by atoms with Crippen LogP contribution in [-0.2, 0) is 0 Å². The average molecular weight is 130 g/mol. The molecule has 1 aliphatic rings. The van der Waals surface area contributed by atoms with E-state index in [0.717, 1.165) is 13.1 Å². The lowest BCUT2D eigenvalue weighted by Crippen LogP contribution is -2.53. The molecule has 4 nitrogen and oxygen atoms in total. The molecule has 9 heavy (non-hydrogen) atoms. The lowest BCUT2D eigenvalue weighted by molar-refractivity contribution is 0.0894. The van der Waals surface area contributed by atoms with E-state index >= 15 is 0 Å². The second kappa shape index (κ2) is 1.91. The Labute approximate surface area is 55.4 Å². The SMILES string of the molecule is CN1CC(N)(N)CN1C. The molecule has 0 amide bonds. The van der Waals surface area contributed by atoms with Crippen molar-refractivity contribution < 1.29 is 0 Å². The first-order chi connectivity index (χ1) is 4.01. The van der Waals surface area contributed by atoms with Crippen LogP contribution in [0, 0.1) is 0 Å². The van der Waals surface area contributed by atoms with E-state index in [9.17, 15) is 0 Å². The summed E-state index contributed by atoms with van der Waals surface area (Å²) in [5, 5.41) is 4.03. The zero-order valence-corrected chi connectivity index (χ0v) is 5.96. The van der Waals surface area contributed by atoms with Crippen molar-refractivity contribution in [1.29, 1.82) is 0 Å². The highest BCUT2D eigenvalue weighted by molar-refractivity contribution is 4.87. The van der Waals surface area contributed by atoms with Crippen molar-refractivity contribution >= 4 is 0 Å². The Balaban J connectivity index is 2.54. The zero-order valence-electron chi connectivity index (χ0n) is 5.96. The lowest BCUT2D eigenvalue weighted by atomic mass is 10.2. The van der Waals surface area contributed by atoms with E-state index in [1.165, 1.54) is 0 Å². The van der Waals surface area contributed by atoms with E-state index in [-0.39, 0.29) is 0 Å². The van der Waals surface area contributed by atoms with Gasteiger partial charge >= 0.3 is 0 Å². The minimum Gasteiger partial charge on any atom is -0.311 e. The molecule has 54 valence electrons. The van der Waals surface area contributed by atoms with Crippen LogP contribution in [0.25, 0.3) is 0 Å². The van der Waals surface area contributed by atoms with Crippen molar-refractivity contribution in [3.05, 3.63) is 0 Å². The van der Waals surface area contributed by atoms with Crippen molar-refractivity contribution in [2.24, 2.45) is 11.5 Å². The summed E-state index contributed by atoms with van der Waals surface area (Å²) in [6.07, 6.45) is 0. The topological polar surface area (TPSA) is 58.5 Å². The maximum Gasteiger partial charge on any atom is 0.0926 e. The Morgan fingerprint density at radius 1 is 1.11 bits per heavy atom. The van der Waals surface area contributed by atoms with E-state index in [4.69, 9.17) is 11.5 Å². The number of nitrogens with two attached hydrogens (primary N) is 2. The highest BCUT2D eigenvalue weighted by atomic mass is 15.6. The zero-order chi connectivity index (χ0) is 7.07. The van der Waals surface area contributed by atoms with Crippen molar-refractivity contribution in [1.82, 2.24) is 10.0 Å². The van der Waals surface area contributed by atoms with E-state index in [1.54, 1.807) is 0 Å². The van der Waals surface area contributed by atoms with E-state index in [0.29, 0.717) is 0 Å². The lowest BCUT2D eigenvalue weighted by Gasteiger charge is -2.16.